The number of aromatic nitrogens is 2. The number of benzene rings is 1. The van der Waals surface area contributed by atoms with E-state index in [2.05, 4.69) is 16.4 Å². The Labute approximate surface area is 129 Å². The van der Waals surface area contributed by atoms with Gasteiger partial charge in [-0.15, -0.1) is 0 Å². The Morgan fingerprint density at radius 1 is 1.45 bits per heavy atom. The van der Waals surface area contributed by atoms with Gasteiger partial charge < -0.3 is 14.6 Å². The Bertz CT molecular complexity index is 735. The van der Waals surface area contributed by atoms with Gasteiger partial charge in [0.1, 0.15) is 11.4 Å². The first-order valence-electron chi connectivity index (χ1n) is 7.20. The number of carbonyl (C=O) groups excluding carboxylic acids is 1. The van der Waals surface area contributed by atoms with Crippen LogP contribution in [0.15, 0.2) is 18.2 Å². The van der Waals surface area contributed by atoms with Crippen LogP contribution in [0.2, 0.25) is 0 Å². The van der Waals surface area contributed by atoms with Gasteiger partial charge >= 0.3 is 6.09 Å². The molecule has 6 heteroatoms. The summed E-state index contributed by atoms with van der Waals surface area (Å²) in [6.45, 7) is 8.47. The monoisotopic (exact) mass is 300 g/mol. The molecular weight excluding hydrogens is 280 g/mol. The van der Waals surface area contributed by atoms with Crippen molar-refractivity contribution in [1.82, 2.24) is 14.9 Å². The third-order valence-corrected chi connectivity index (χ3v) is 3.06. The molecule has 1 amide bonds. The van der Waals surface area contributed by atoms with Crippen LogP contribution >= 0.6 is 0 Å². The first kappa shape index (κ1) is 15.8. The minimum absolute atomic E-state index is 0.277. The molecule has 2 rings (SSSR count). The van der Waals surface area contributed by atoms with Crippen LogP contribution in [0.4, 0.5) is 4.79 Å². The Balaban J connectivity index is 2.21. The van der Waals surface area contributed by atoms with Gasteiger partial charge in [-0.05, 0) is 45.9 Å². The summed E-state index contributed by atoms with van der Waals surface area (Å²) >= 11 is 0. The van der Waals surface area contributed by atoms with Crippen molar-refractivity contribution in [3.63, 3.8) is 0 Å². The third kappa shape index (κ3) is 3.55. The summed E-state index contributed by atoms with van der Waals surface area (Å²) in [6.07, 6.45) is -0.472. The molecule has 0 fully saturated rings. The number of nitrogens with zero attached hydrogens (tertiary/aromatic N) is 3. The minimum atomic E-state index is -0.531. The number of alkyl carbamates (subject to hydrolysis) is 1. The Morgan fingerprint density at radius 2 is 2.18 bits per heavy atom. The molecule has 1 aromatic carbocycles. The van der Waals surface area contributed by atoms with Crippen molar-refractivity contribution in [2.24, 2.45) is 0 Å². The van der Waals surface area contributed by atoms with E-state index < -0.39 is 11.7 Å². The second kappa shape index (κ2) is 6.06. The van der Waals surface area contributed by atoms with E-state index in [1.54, 1.807) is 12.1 Å². The number of nitrogens with one attached hydrogen (secondary N) is 1. The number of rotatable bonds is 3. The predicted octanol–water partition coefficient (Wildman–Crippen LogP) is 2.95. The summed E-state index contributed by atoms with van der Waals surface area (Å²) in [4.78, 5) is 16.2. The van der Waals surface area contributed by atoms with Crippen LogP contribution in [0, 0.1) is 11.3 Å². The normalized spacial score (nSPS) is 11.2. The summed E-state index contributed by atoms with van der Waals surface area (Å²) in [5, 5.41) is 11.7. The van der Waals surface area contributed by atoms with Crippen molar-refractivity contribution in [2.45, 2.75) is 46.4 Å². The summed E-state index contributed by atoms with van der Waals surface area (Å²) in [7, 11) is 0. The number of ether oxygens (including phenoxy) is 1. The van der Waals surface area contributed by atoms with Crippen molar-refractivity contribution >= 4 is 17.1 Å². The molecule has 1 heterocycles. The van der Waals surface area contributed by atoms with Gasteiger partial charge in [0.15, 0.2) is 0 Å². The number of fused-ring (bicyclic) bond motifs is 1. The van der Waals surface area contributed by atoms with Crippen LogP contribution < -0.4 is 5.32 Å². The molecule has 0 unspecified atom stereocenters. The molecular formula is C16H20N4O2. The lowest BCUT2D eigenvalue weighted by molar-refractivity contribution is 0.0521. The van der Waals surface area contributed by atoms with E-state index in [-0.39, 0.29) is 6.54 Å². The zero-order valence-electron chi connectivity index (χ0n) is 13.3. The van der Waals surface area contributed by atoms with E-state index in [1.807, 2.05) is 38.3 Å². The molecule has 0 atom stereocenters. The molecule has 0 spiro atoms. The Kier molecular flexibility index (Phi) is 4.36. The molecule has 22 heavy (non-hydrogen) atoms. The van der Waals surface area contributed by atoms with Gasteiger partial charge in [-0.25, -0.2) is 9.78 Å². The molecule has 6 nitrogen and oxygen atoms in total. The van der Waals surface area contributed by atoms with E-state index in [4.69, 9.17) is 10.00 Å². The summed E-state index contributed by atoms with van der Waals surface area (Å²) in [5.41, 5.74) is 1.74. The fraction of sp³-hybridized carbons (Fsp3) is 0.438. The highest BCUT2D eigenvalue weighted by Crippen LogP contribution is 2.18. The van der Waals surface area contributed by atoms with E-state index in [0.717, 1.165) is 23.4 Å². The first-order chi connectivity index (χ1) is 10.3. The molecule has 2 aromatic rings. The largest absolute Gasteiger partial charge is 0.444 e. The van der Waals surface area contributed by atoms with Crippen LogP contribution in [0.25, 0.3) is 11.0 Å². The fourth-order valence-electron chi connectivity index (χ4n) is 2.20. The number of nitriles is 1. The highest BCUT2D eigenvalue weighted by molar-refractivity contribution is 5.78. The molecule has 0 radical (unpaired) electrons. The van der Waals surface area contributed by atoms with Gasteiger partial charge in [0.25, 0.3) is 0 Å². The zero-order valence-corrected chi connectivity index (χ0v) is 13.3. The molecule has 0 aliphatic rings. The quantitative estimate of drug-likeness (QED) is 0.945. The Hall–Kier alpha value is -2.55. The number of amides is 1. The van der Waals surface area contributed by atoms with Crippen LogP contribution in [0.5, 0.6) is 0 Å². The minimum Gasteiger partial charge on any atom is -0.444 e. The van der Waals surface area contributed by atoms with Gasteiger partial charge in [0.05, 0.1) is 29.2 Å². The lowest BCUT2D eigenvalue weighted by Crippen LogP contribution is -2.32. The smallest absolute Gasteiger partial charge is 0.408 e. The third-order valence-electron chi connectivity index (χ3n) is 3.06. The maximum Gasteiger partial charge on any atom is 0.408 e. The van der Waals surface area contributed by atoms with Gasteiger partial charge in [0, 0.05) is 6.54 Å². The van der Waals surface area contributed by atoms with E-state index >= 15 is 0 Å². The molecule has 0 bridgehead atoms. The van der Waals surface area contributed by atoms with Gasteiger partial charge in [-0.2, -0.15) is 5.26 Å². The average molecular weight is 300 g/mol. The van der Waals surface area contributed by atoms with Crippen molar-refractivity contribution in [2.75, 3.05) is 0 Å². The number of hydrogen-bond acceptors (Lipinski definition) is 4. The van der Waals surface area contributed by atoms with Crippen molar-refractivity contribution in [3.05, 3.63) is 29.6 Å². The van der Waals surface area contributed by atoms with Gasteiger partial charge in [0.2, 0.25) is 0 Å². The molecule has 0 saturated heterocycles. The van der Waals surface area contributed by atoms with E-state index in [9.17, 15) is 4.79 Å². The number of imidazole rings is 1. The second-order valence-electron chi connectivity index (χ2n) is 5.94. The number of hydrogen-bond donors (Lipinski definition) is 1. The number of carbonyl (C=O) groups is 1. The summed E-state index contributed by atoms with van der Waals surface area (Å²) in [5.74, 6) is 0.735. The SMILES string of the molecule is CCn1c(CNC(=O)OC(C)(C)C)nc2cc(C#N)ccc21. The van der Waals surface area contributed by atoms with Crippen LogP contribution in [0.1, 0.15) is 39.1 Å². The van der Waals surface area contributed by atoms with Crippen LogP contribution in [-0.2, 0) is 17.8 Å². The van der Waals surface area contributed by atoms with Gasteiger partial charge in [-0.3, -0.25) is 0 Å². The zero-order chi connectivity index (χ0) is 16.3. The maximum absolute atomic E-state index is 11.7. The van der Waals surface area contributed by atoms with Gasteiger partial charge in [-0.1, -0.05) is 0 Å². The van der Waals surface area contributed by atoms with Crippen LogP contribution in [-0.4, -0.2) is 21.2 Å². The molecule has 1 N–H and O–H groups in total. The van der Waals surface area contributed by atoms with E-state index in [0.29, 0.717) is 5.56 Å². The molecule has 116 valence electrons. The lowest BCUT2D eigenvalue weighted by atomic mass is 10.2. The molecule has 0 saturated carbocycles. The fourth-order valence-corrected chi connectivity index (χ4v) is 2.20. The summed E-state index contributed by atoms with van der Waals surface area (Å²) in [6, 6.07) is 7.49. The highest BCUT2D eigenvalue weighted by atomic mass is 16.6. The highest BCUT2D eigenvalue weighted by Gasteiger charge is 2.17. The van der Waals surface area contributed by atoms with Crippen molar-refractivity contribution < 1.29 is 9.53 Å². The average Bonchev–Trinajstić information content (AvgIpc) is 2.79. The van der Waals surface area contributed by atoms with Crippen molar-refractivity contribution in [3.8, 4) is 6.07 Å². The van der Waals surface area contributed by atoms with Crippen molar-refractivity contribution in [1.29, 1.82) is 5.26 Å². The maximum atomic E-state index is 11.7. The predicted molar refractivity (Wildman–Crippen MR) is 83.2 cm³/mol. The first-order valence-corrected chi connectivity index (χ1v) is 7.20. The Morgan fingerprint density at radius 3 is 2.77 bits per heavy atom. The van der Waals surface area contributed by atoms with Crippen LogP contribution in [0.3, 0.4) is 0 Å². The second-order valence-corrected chi connectivity index (χ2v) is 5.94. The lowest BCUT2D eigenvalue weighted by Gasteiger charge is -2.19. The standard InChI is InChI=1S/C16H20N4O2/c1-5-20-13-7-6-11(9-17)8-12(13)19-14(20)10-18-15(21)22-16(2,3)4/h6-8H,5,10H2,1-4H3,(H,18,21). The molecule has 1 aromatic heterocycles. The number of aryl methyl sites for hydroxylation is 1. The molecule has 0 aliphatic heterocycles. The summed E-state index contributed by atoms with van der Waals surface area (Å²) < 4.78 is 7.22. The topological polar surface area (TPSA) is 79.9 Å². The van der Waals surface area contributed by atoms with E-state index in [1.165, 1.54) is 0 Å². The molecule has 0 aliphatic carbocycles.